The van der Waals surface area contributed by atoms with Crippen LogP contribution < -0.4 is 20.5 Å². The van der Waals surface area contributed by atoms with Crippen molar-refractivity contribution < 1.29 is 19.1 Å². The summed E-state index contributed by atoms with van der Waals surface area (Å²) in [5.41, 5.74) is 7.93. The summed E-state index contributed by atoms with van der Waals surface area (Å²) in [6.45, 7) is 5.88. The zero-order valence-corrected chi connectivity index (χ0v) is 16.2. The fourth-order valence-electron chi connectivity index (χ4n) is 2.88. The molecule has 144 valence electrons. The maximum absolute atomic E-state index is 12.3. The van der Waals surface area contributed by atoms with Gasteiger partial charge in [0, 0.05) is 11.3 Å². The summed E-state index contributed by atoms with van der Waals surface area (Å²) in [6, 6.07) is 5.52. The number of carbonyl (C=O) groups is 2. The largest absolute Gasteiger partial charge is 0.490 e. The molecule has 0 spiro atoms. The molecule has 0 saturated heterocycles. The van der Waals surface area contributed by atoms with Gasteiger partial charge in [-0.3, -0.25) is 14.7 Å². The molecule has 0 aliphatic carbocycles. The van der Waals surface area contributed by atoms with Crippen LogP contribution in [0.4, 0.5) is 5.82 Å². The predicted molar refractivity (Wildman–Crippen MR) is 103 cm³/mol. The molecule has 0 bridgehead atoms. The van der Waals surface area contributed by atoms with Gasteiger partial charge in [0.05, 0.1) is 17.1 Å². The first-order chi connectivity index (χ1) is 12.9. The van der Waals surface area contributed by atoms with Crippen molar-refractivity contribution in [1.82, 2.24) is 10.2 Å². The van der Waals surface area contributed by atoms with E-state index < -0.39 is 5.91 Å². The molecule has 27 heavy (non-hydrogen) atoms. The molecule has 3 rings (SSSR count). The van der Waals surface area contributed by atoms with E-state index in [1.807, 2.05) is 32.9 Å². The van der Waals surface area contributed by atoms with Crippen LogP contribution in [0.2, 0.25) is 0 Å². The highest BCUT2D eigenvalue weighted by Crippen LogP contribution is 2.46. The number of primary amides is 1. The lowest BCUT2D eigenvalue weighted by Crippen LogP contribution is -2.21. The monoisotopic (exact) mass is 390 g/mol. The molecular weight excluding hydrogens is 368 g/mol. The van der Waals surface area contributed by atoms with Crippen LogP contribution in [0.3, 0.4) is 0 Å². The van der Waals surface area contributed by atoms with Crippen LogP contribution in [0.15, 0.2) is 18.2 Å². The highest BCUT2D eigenvalue weighted by Gasteiger charge is 2.32. The number of amides is 2. The quantitative estimate of drug-likeness (QED) is 0.695. The SMILES string of the molecule is CCOc1cc([C@@H]2S[C@@H](C)C(=O)Nc3n[nH]c(C)c32)ccc1OCC(N)=O. The first-order valence-corrected chi connectivity index (χ1v) is 9.54. The van der Waals surface area contributed by atoms with E-state index in [4.69, 9.17) is 15.2 Å². The van der Waals surface area contributed by atoms with Crippen molar-refractivity contribution in [3.63, 3.8) is 0 Å². The van der Waals surface area contributed by atoms with E-state index in [0.29, 0.717) is 23.9 Å². The van der Waals surface area contributed by atoms with Crippen LogP contribution in [0.25, 0.3) is 0 Å². The van der Waals surface area contributed by atoms with Gasteiger partial charge in [0.15, 0.2) is 23.9 Å². The standard InChI is InChI=1S/C18H22N4O4S/c1-4-25-13-7-11(5-6-12(13)26-8-14(19)23)16-15-9(2)21-22-17(15)20-18(24)10(3)27-16/h5-7,10,16H,4,8H2,1-3H3,(H2,19,23)(H2,20,21,22,24)/t10-,16-/m0/s1. The molecule has 2 heterocycles. The second kappa shape index (κ2) is 7.91. The molecule has 0 saturated carbocycles. The number of benzene rings is 1. The summed E-state index contributed by atoms with van der Waals surface area (Å²) in [6.07, 6.45) is 0. The van der Waals surface area contributed by atoms with Crippen molar-refractivity contribution in [2.24, 2.45) is 5.73 Å². The zero-order valence-electron chi connectivity index (χ0n) is 15.4. The number of ether oxygens (including phenoxy) is 2. The molecular formula is C18H22N4O4S. The van der Waals surface area contributed by atoms with E-state index in [2.05, 4.69) is 15.5 Å². The van der Waals surface area contributed by atoms with E-state index in [1.54, 1.807) is 6.07 Å². The number of rotatable bonds is 6. The molecule has 8 nitrogen and oxygen atoms in total. The van der Waals surface area contributed by atoms with Gasteiger partial charge in [0.25, 0.3) is 5.91 Å². The summed E-state index contributed by atoms with van der Waals surface area (Å²) >= 11 is 1.54. The average molecular weight is 390 g/mol. The lowest BCUT2D eigenvalue weighted by Gasteiger charge is -2.20. The number of aryl methyl sites for hydroxylation is 1. The Labute approximate surface area is 161 Å². The number of aromatic amines is 1. The van der Waals surface area contributed by atoms with E-state index in [9.17, 15) is 9.59 Å². The highest BCUT2D eigenvalue weighted by atomic mass is 32.2. The van der Waals surface area contributed by atoms with Crippen LogP contribution in [0, 0.1) is 6.92 Å². The predicted octanol–water partition coefficient (Wildman–Crippen LogP) is 2.14. The molecule has 2 amide bonds. The Morgan fingerprint density at radius 2 is 2.11 bits per heavy atom. The molecule has 0 unspecified atom stereocenters. The molecule has 2 atom stereocenters. The fraction of sp³-hybridized carbons (Fsp3) is 0.389. The number of hydrogen-bond donors (Lipinski definition) is 3. The molecule has 4 N–H and O–H groups in total. The summed E-state index contributed by atoms with van der Waals surface area (Å²) < 4.78 is 11.1. The summed E-state index contributed by atoms with van der Waals surface area (Å²) in [4.78, 5) is 23.3. The number of nitrogens with two attached hydrogens (primary N) is 1. The Balaban J connectivity index is 2.01. The van der Waals surface area contributed by atoms with E-state index in [1.165, 1.54) is 11.8 Å². The van der Waals surface area contributed by atoms with Gasteiger partial charge in [-0.05, 0) is 38.5 Å². The van der Waals surface area contributed by atoms with Crippen LogP contribution >= 0.6 is 11.8 Å². The number of H-pyrrole nitrogens is 1. The Kier molecular flexibility index (Phi) is 5.59. The summed E-state index contributed by atoms with van der Waals surface area (Å²) in [5.74, 6) is 0.881. The number of carbonyl (C=O) groups excluding carboxylic acids is 2. The van der Waals surface area contributed by atoms with Gasteiger partial charge < -0.3 is 20.5 Å². The minimum Gasteiger partial charge on any atom is -0.490 e. The number of hydrogen-bond acceptors (Lipinski definition) is 6. The maximum atomic E-state index is 12.3. The van der Waals surface area contributed by atoms with Gasteiger partial charge in [0.1, 0.15) is 0 Å². The van der Waals surface area contributed by atoms with Crippen LogP contribution in [0.5, 0.6) is 11.5 Å². The molecule has 1 aromatic carbocycles. The molecule has 0 radical (unpaired) electrons. The Hall–Kier alpha value is -2.68. The highest BCUT2D eigenvalue weighted by molar-refractivity contribution is 8.01. The number of thioether (sulfide) groups is 1. The van der Waals surface area contributed by atoms with E-state index >= 15 is 0 Å². The number of fused-ring (bicyclic) bond motifs is 1. The average Bonchev–Trinajstić information content (AvgIpc) is 2.92. The lowest BCUT2D eigenvalue weighted by molar-refractivity contribution is -0.120. The second-order valence-electron chi connectivity index (χ2n) is 6.15. The second-order valence-corrected chi connectivity index (χ2v) is 7.60. The van der Waals surface area contributed by atoms with Gasteiger partial charge in [-0.2, -0.15) is 5.10 Å². The zero-order chi connectivity index (χ0) is 19.6. The number of anilines is 1. The minimum absolute atomic E-state index is 0.0818. The van der Waals surface area contributed by atoms with Gasteiger partial charge in [0.2, 0.25) is 5.91 Å². The van der Waals surface area contributed by atoms with Crippen molar-refractivity contribution in [3.05, 3.63) is 35.0 Å². The first kappa shape index (κ1) is 19.1. The molecule has 2 aromatic rings. The Morgan fingerprint density at radius 1 is 1.33 bits per heavy atom. The molecule has 1 aromatic heterocycles. The van der Waals surface area contributed by atoms with Gasteiger partial charge in [-0.15, -0.1) is 11.8 Å². The minimum atomic E-state index is -0.557. The van der Waals surface area contributed by atoms with Gasteiger partial charge >= 0.3 is 0 Å². The Bertz CT molecular complexity index is 867. The lowest BCUT2D eigenvalue weighted by atomic mass is 10.0. The smallest absolute Gasteiger partial charge is 0.255 e. The first-order valence-electron chi connectivity index (χ1n) is 8.59. The van der Waals surface area contributed by atoms with Crippen molar-refractivity contribution in [2.75, 3.05) is 18.5 Å². The maximum Gasteiger partial charge on any atom is 0.255 e. The Morgan fingerprint density at radius 3 is 2.81 bits per heavy atom. The third kappa shape index (κ3) is 4.02. The van der Waals surface area contributed by atoms with Crippen molar-refractivity contribution in [1.29, 1.82) is 0 Å². The third-order valence-electron chi connectivity index (χ3n) is 4.15. The summed E-state index contributed by atoms with van der Waals surface area (Å²) in [7, 11) is 0. The van der Waals surface area contributed by atoms with Gasteiger partial charge in [-0.25, -0.2) is 0 Å². The molecule has 9 heteroatoms. The third-order valence-corrected chi connectivity index (χ3v) is 5.55. The topological polar surface area (TPSA) is 119 Å². The number of nitrogens with zero attached hydrogens (tertiary/aromatic N) is 1. The normalized spacial score (nSPS) is 19.0. The van der Waals surface area contributed by atoms with Gasteiger partial charge in [-0.1, -0.05) is 6.07 Å². The number of nitrogens with one attached hydrogen (secondary N) is 2. The van der Waals surface area contributed by atoms with Crippen LogP contribution in [-0.4, -0.2) is 40.5 Å². The fourth-order valence-corrected chi connectivity index (χ4v) is 4.19. The van der Waals surface area contributed by atoms with Crippen LogP contribution in [0.1, 0.15) is 35.9 Å². The number of aromatic nitrogens is 2. The van der Waals surface area contributed by atoms with E-state index in [-0.39, 0.29) is 23.0 Å². The summed E-state index contributed by atoms with van der Waals surface area (Å²) in [5, 5.41) is 9.67. The van der Waals surface area contributed by atoms with Crippen LogP contribution in [-0.2, 0) is 9.59 Å². The van der Waals surface area contributed by atoms with Crippen molar-refractivity contribution in [3.8, 4) is 11.5 Å². The molecule has 1 aliphatic rings. The molecule has 1 aliphatic heterocycles. The molecule has 0 fully saturated rings. The van der Waals surface area contributed by atoms with Crippen molar-refractivity contribution >= 4 is 29.4 Å². The van der Waals surface area contributed by atoms with Crippen molar-refractivity contribution in [2.45, 2.75) is 31.3 Å². The van der Waals surface area contributed by atoms with E-state index in [0.717, 1.165) is 16.8 Å².